The van der Waals surface area contributed by atoms with Crippen LogP contribution in [0.25, 0.3) is 5.69 Å². The lowest BCUT2D eigenvalue weighted by atomic mass is 10.0. The predicted molar refractivity (Wildman–Crippen MR) is 105 cm³/mol. The van der Waals surface area contributed by atoms with E-state index in [1.54, 1.807) is 36.3 Å². The summed E-state index contributed by atoms with van der Waals surface area (Å²) < 4.78 is 6.69. The Kier molecular flexibility index (Phi) is 4.35. The van der Waals surface area contributed by atoms with Crippen LogP contribution < -0.4 is 15.4 Å². The van der Waals surface area contributed by atoms with E-state index in [0.29, 0.717) is 35.7 Å². The summed E-state index contributed by atoms with van der Waals surface area (Å²) in [6.07, 6.45) is 0.503. The van der Waals surface area contributed by atoms with E-state index in [4.69, 9.17) is 10.5 Å². The summed E-state index contributed by atoms with van der Waals surface area (Å²) in [6, 6.07) is 14.9. The van der Waals surface area contributed by atoms with Crippen LogP contribution in [-0.4, -0.2) is 35.2 Å². The van der Waals surface area contributed by atoms with Gasteiger partial charge in [0.2, 0.25) is 0 Å². The number of aromatic nitrogens is 2. The Morgan fingerprint density at radius 3 is 2.54 bits per heavy atom. The number of carbonyl (C=O) groups excluding carboxylic acids is 2. The number of primary amides is 1. The Balaban J connectivity index is 1.84. The minimum absolute atomic E-state index is 0.142. The lowest BCUT2D eigenvalue weighted by Gasteiger charge is -2.28. The van der Waals surface area contributed by atoms with E-state index in [1.807, 2.05) is 31.2 Å². The molecule has 0 fully saturated rings. The molecular formula is C21H20N4O3. The van der Waals surface area contributed by atoms with Gasteiger partial charge in [0, 0.05) is 17.8 Å². The van der Waals surface area contributed by atoms with Gasteiger partial charge in [-0.15, -0.1) is 0 Å². The van der Waals surface area contributed by atoms with Gasteiger partial charge in [0.05, 0.1) is 12.8 Å². The molecular weight excluding hydrogens is 356 g/mol. The Hall–Kier alpha value is -3.61. The molecule has 0 atom stereocenters. The van der Waals surface area contributed by atoms with Gasteiger partial charge >= 0.3 is 0 Å². The zero-order valence-electron chi connectivity index (χ0n) is 15.7. The van der Waals surface area contributed by atoms with E-state index < -0.39 is 5.91 Å². The van der Waals surface area contributed by atoms with E-state index in [-0.39, 0.29) is 11.6 Å². The Labute approximate surface area is 162 Å². The highest BCUT2D eigenvalue weighted by Crippen LogP contribution is 2.29. The molecule has 0 spiro atoms. The molecule has 2 amide bonds. The van der Waals surface area contributed by atoms with Gasteiger partial charge in [-0.25, -0.2) is 4.68 Å². The molecule has 0 aliphatic carbocycles. The van der Waals surface area contributed by atoms with Crippen LogP contribution in [0.1, 0.15) is 32.1 Å². The van der Waals surface area contributed by atoms with Crippen molar-refractivity contribution in [1.82, 2.24) is 9.78 Å². The first kappa shape index (κ1) is 17.8. The Morgan fingerprint density at radius 1 is 1.14 bits per heavy atom. The first-order valence-electron chi connectivity index (χ1n) is 8.94. The number of anilines is 1. The third-order valence-electron chi connectivity index (χ3n) is 4.88. The Bertz CT molecular complexity index is 1070. The number of hydrogen-bond donors (Lipinski definition) is 1. The lowest BCUT2D eigenvalue weighted by molar-refractivity contribution is 0.0972. The molecule has 0 saturated carbocycles. The molecule has 1 aromatic heterocycles. The van der Waals surface area contributed by atoms with Crippen LogP contribution in [0.4, 0.5) is 5.69 Å². The summed E-state index contributed by atoms with van der Waals surface area (Å²) in [4.78, 5) is 27.0. The Morgan fingerprint density at radius 2 is 1.89 bits per heavy atom. The number of methoxy groups -OCH3 is 1. The van der Waals surface area contributed by atoms with Crippen molar-refractivity contribution in [2.24, 2.45) is 5.73 Å². The van der Waals surface area contributed by atoms with Gasteiger partial charge in [-0.2, -0.15) is 5.10 Å². The number of fused-ring (bicyclic) bond motifs is 1. The number of nitrogens with two attached hydrogens (primary N) is 1. The second-order valence-corrected chi connectivity index (χ2v) is 6.70. The summed E-state index contributed by atoms with van der Waals surface area (Å²) in [5, 5.41) is 4.37. The summed E-state index contributed by atoms with van der Waals surface area (Å²) in [5.41, 5.74) is 9.17. The van der Waals surface area contributed by atoms with Crippen molar-refractivity contribution in [3.05, 3.63) is 71.0 Å². The number of nitrogens with zero attached hydrogens (tertiary/aromatic N) is 3. The number of benzene rings is 2. The van der Waals surface area contributed by atoms with Crippen LogP contribution in [0.2, 0.25) is 0 Å². The van der Waals surface area contributed by atoms with E-state index in [2.05, 4.69) is 5.10 Å². The molecule has 4 rings (SSSR count). The maximum Gasteiger partial charge on any atom is 0.277 e. The van der Waals surface area contributed by atoms with Crippen molar-refractivity contribution in [1.29, 1.82) is 0 Å². The maximum atomic E-state index is 13.4. The number of carbonyl (C=O) groups is 2. The molecule has 0 saturated heterocycles. The number of rotatable bonds is 4. The van der Waals surface area contributed by atoms with Crippen molar-refractivity contribution >= 4 is 17.5 Å². The third kappa shape index (κ3) is 2.90. The first-order valence-corrected chi connectivity index (χ1v) is 8.94. The van der Waals surface area contributed by atoms with Gasteiger partial charge in [-0.3, -0.25) is 9.59 Å². The smallest absolute Gasteiger partial charge is 0.277 e. The summed E-state index contributed by atoms with van der Waals surface area (Å²) in [5.74, 6) is -0.157. The largest absolute Gasteiger partial charge is 0.497 e. The summed E-state index contributed by atoms with van der Waals surface area (Å²) >= 11 is 0. The highest BCUT2D eigenvalue weighted by molar-refractivity contribution is 6.09. The zero-order chi connectivity index (χ0) is 19.8. The molecule has 0 radical (unpaired) electrons. The highest BCUT2D eigenvalue weighted by Gasteiger charge is 2.34. The van der Waals surface area contributed by atoms with Crippen molar-refractivity contribution < 1.29 is 14.3 Å². The number of ether oxygens (including phenoxy) is 1. The van der Waals surface area contributed by atoms with Crippen LogP contribution in [0.15, 0.2) is 48.5 Å². The zero-order valence-corrected chi connectivity index (χ0v) is 15.7. The monoisotopic (exact) mass is 376 g/mol. The molecule has 0 unspecified atom stereocenters. The van der Waals surface area contributed by atoms with Gasteiger partial charge in [-0.1, -0.05) is 12.1 Å². The molecule has 2 heterocycles. The summed E-state index contributed by atoms with van der Waals surface area (Å²) in [6.45, 7) is 2.44. The van der Waals surface area contributed by atoms with Crippen LogP contribution >= 0.6 is 0 Å². The fraction of sp³-hybridized carbons (Fsp3) is 0.190. The summed E-state index contributed by atoms with van der Waals surface area (Å²) in [7, 11) is 1.58. The van der Waals surface area contributed by atoms with Crippen LogP contribution in [0.5, 0.6) is 5.75 Å². The quantitative estimate of drug-likeness (QED) is 0.757. The van der Waals surface area contributed by atoms with E-state index >= 15 is 0 Å². The van der Waals surface area contributed by atoms with E-state index in [9.17, 15) is 9.59 Å². The molecule has 7 heteroatoms. The second-order valence-electron chi connectivity index (χ2n) is 6.70. The molecule has 2 N–H and O–H groups in total. The van der Waals surface area contributed by atoms with Crippen molar-refractivity contribution in [3.63, 3.8) is 0 Å². The molecule has 2 aromatic carbocycles. The van der Waals surface area contributed by atoms with Crippen molar-refractivity contribution in [3.8, 4) is 11.4 Å². The van der Waals surface area contributed by atoms with Gasteiger partial charge in [0.25, 0.3) is 11.8 Å². The maximum absolute atomic E-state index is 13.4. The number of hydrogen-bond acceptors (Lipinski definition) is 4. The van der Waals surface area contributed by atoms with Crippen LogP contribution in [0, 0.1) is 6.92 Å². The molecule has 142 valence electrons. The normalized spacial score (nSPS) is 13.4. The lowest BCUT2D eigenvalue weighted by Crippen LogP contribution is -2.39. The molecule has 1 aliphatic heterocycles. The van der Waals surface area contributed by atoms with Gasteiger partial charge in [0.1, 0.15) is 11.4 Å². The fourth-order valence-corrected chi connectivity index (χ4v) is 3.51. The van der Waals surface area contributed by atoms with Crippen molar-refractivity contribution in [2.45, 2.75) is 13.3 Å². The highest BCUT2D eigenvalue weighted by atomic mass is 16.5. The minimum atomic E-state index is -0.639. The van der Waals surface area contributed by atoms with E-state index in [1.165, 1.54) is 4.68 Å². The minimum Gasteiger partial charge on any atom is -0.497 e. The topological polar surface area (TPSA) is 90.5 Å². The standard InChI is InChI=1S/C21H20N4O3/c1-13-4-3-5-15(12-13)24-11-10-17-18(20(22)26)23-25(19(17)21(24)27)14-6-8-16(28-2)9-7-14/h3-9,12H,10-11H2,1-2H3,(H2,22,26). The average Bonchev–Trinajstić information content (AvgIpc) is 3.09. The average molecular weight is 376 g/mol. The molecule has 0 bridgehead atoms. The fourth-order valence-electron chi connectivity index (χ4n) is 3.51. The number of amides is 2. The third-order valence-corrected chi connectivity index (χ3v) is 4.88. The van der Waals surface area contributed by atoms with Crippen molar-refractivity contribution in [2.75, 3.05) is 18.6 Å². The molecule has 1 aliphatic rings. The first-order chi connectivity index (χ1) is 13.5. The SMILES string of the molecule is COc1ccc(-n2nc(C(N)=O)c3c2C(=O)N(c2cccc(C)c2)CC3)cc1. The van der Waals surface area contributed by atoms with E-state index in [0.717, 1.165) is 11.3 Å². The van der Waals surface area contributed by atoms with Gasteiger partial charge < -0.3 is 15.4 Å². The van der Waals surface area contributed by atoms with Gasteiger partial charge in [-0.05, 0) is 55.3 Å². The molecule has 28 heavy (non-hydrogen) atoms. The van der Waals surface area contributed by atoms with Crippen LogP contribution in [-0.2, 0) is 6.42 Å². The van der Waals surface area contributed by atoms with Crippen LogP contribution in [0.3, 0.4) is 0 Å². The molecule has 3 aromatic rings. The van der Waals surface area contributed by atoms with Gasteiger partial charge in [0.15, 0.2) is 5.69 Å². The predicted octanol–water partition coefficient (Wildman–Crippen LogP) is 2.49. The second kappa shape index (κ2) is 6.84. The number of aryl methyl sites for hydroxylation is 1. The molecule has 7 nitrogen and oxygen atoms in total.